The zero-order valence-electron chi connectivity index (χ0n) is 16.1. The van der Waals surface area contributed by atoms with Gasteiger partial charge in [-0.15, -0.1) is 0 Å². The molecule has 4 heteroatoms. The third-order valence-electron chi connectivity index (χ3n) is 4.71. The number of hydrogen-bond acceptors (Lipinski definition) is 2. The molecule has 0 saturated carbocycles. The number of amides is 2. The van der Waals surface area contributed by atoms with Crippen LogP contribution in [0.2, 0.25) is 0 Å². The largest absolute Gasteiger partial charge is 0.361 e. The zero-order valence-corrected chi connectivity index (χ0v) is 16.1. The molecule has 4 nitrogen and oxygen atoms in total. The number of nitrogens with two attached hydrogens (primary N) is 1. The van der Waals surface area contributed by atoms with Crippen LogP contribution in [0.3, 0.4) is 0 Å². The molecule has 2 aromatic carbocycles. The van der Waals surface area contributed by atoms with Crippen molar-refractivity contribution in [2.45, 2.75) is 53.6 Å². The Hall–Kier alpha value is -2.62. The molecule has 2 amide bonds. The van der Waals surface area contributed by atoms with E-state index in [1.165, 1.54) is 22.3 Å². The summed E-state index contributed by atoms with van der Waals surface area (Å²) in [5.74, 6) is -1.56. The predicted octanol–water partition coefficient (Wildman–Crippen LogP) is 3.44. The second-order valence-corrected chi connectivity index (χ2v) is 6.78. The summed E-state index contributed by atoms with van der Waals surface area (Å²) >= 11 is 0. The van der Waals surface area contributed by atoms with Crippen LogP contribution in [0.1, 0.15) is 47.2 Å². The van der Waals surface area contributed by atoms with Crippen molar-refractivity contribution in [3.63, 3.8) is 0 Å². The molecule has 2 N–H and O–H groups in total. The van der Waals surface area contributed by atoms with Crippen LogP contribution < -0.4 is 5.73 Å². The third-order valence-corrected chi connectivity index (χ3v) is 4.71. The molecule has 0 aromatic heterocycles. The van der Waals surface area contributed by atoms with Gasteiger partial charge in [-0.3, -0.25) is 9.59 Å². The first-order valence-corrected chi connectivity index (χ1v) is 9.11. The third kappa shape index (κ3) is 4.72. The number of aryl methyl sites for hydroxylation is 4. The average Bonchev–Trinajstić information content (AvgIpc) is 2.62. The van der Waals surface area contributed by atoms with Crippen LogP contribution in [0.4, 0.5) is 0 Å². The number of hydrogen-bond donors (Lipinski definition) is 1. The summed E-state index contributed by atoms with van der Waals surface area (Å²) in [6, 6.07) is 12.4. The van der Waals surface area contributed by atoms with Crippen LogP contribution in [0.15, 0.2) is 36.4 Å². The van der Waals surface area contributed by atoms with Crippen molar-refractivity contribution < 1.29 is 9.59 Å². The van der Waals surface area contributed by atoms with Crippen LogP contribution in [0.25, 0.3) is 0 Å². The van der Waals surface area contributed by atoms with Crippen molar-refractivity contribution in [2.24, 2.45) is 5.73 Å². The first kappa shape index (κ1) is 19.7. The Balaban J connectivity index is 2.36. The minimum absolute atomic E-state index is 0.377. The Bertz CT molecular complexity index is 756. The van der Waals surface area contributed by atoms with Gasteiger partial charge < -0.3 is 10.6 Å². The van der Waals surface area contributed by atoms with Crippen LogP contribution in [-0.4, -0.2) is 16.7 Å². The van der Waals surface area contributed by atoms with Gasteiger partial charge >= 0.3 is 11.8 Å². The van der Waals surface area contributed by atoms with Crippen molar-refractivity contribution in [2.75, 3.05) is 0 Å². The Morgan fingerprint density at radius 3 is 1.58 bits per heavy atom. The molecule has 0 radical (unpaired) electrons. The fraction of sp³-hybridized carbons (Fsp3) is 0.364. The maximum absolute atomic E-state index is 12.4. The molecule has 0 aliphatic carbocycles. The van der Waals surface area contributed by atoms with Gasteiger partial charge in [0.25, 0.3) is 0 Å². The highest BCUT2D eigenvalue weighted by Crippen LogP contribution is 2.19. The lowest BCUT2D eigenvalue weighted by atomic mass is 10.00. The molecule has 2 aromatic rings. The summed E-state index contributed by atoms with van der Waals surface area (Å²) in [5, 5.41) is 0. The summed E-state index contributed by atoms with van der Waals surface area (Å²) in [7, 11) is 0. The van der Waals surface area contributed by atoms with Crippen LogP contribution >= 0.6 is 0 Å². The SMILES string of the molecule is CCc1cc(C)ccc1CN(Cc1ccc(C)cc1CC)C(=O)C(N)=O. The molecule has 0 fully saturated rings. The average molecular weight is 352 g/mol. The molecule has 0 aliphatic rings. The van der Waals surface area contributed by atoms with E-state index in [-0.39, 0.29) is 0 Å². The quantitative estimate of drug-likeness (QED) is 0.810. The summed E-state index contributed by atoms with van der Waals surface area (Å²) in [4.78, 5) is 25.6. The van der Waals surface area contributed by atoms with Gasteiger partial charge in [0.05, 0.1) is 0 Å². The predicted molar refractivity (Wildman–Crippen MR) is 105 cm³/mol. The molecule has 138 valence electrons. The van der Waals surface area contributed by atoms with E-state index in [2.05, 4.69) is 39.8 Å². The summed E-state index contributed by atoms with van der Waals surface area (Å²) in [6.07, 6.45) is 1.75. The van der Waals surface area contributed by atoms with Crippen LogP contribution in [-0.2, 0) is 35.5 Å². The molecular weight excluding hydrogens is 324 g/mol. The molecule has 2 rings (SSSR count). The first-order chi connectivity index (χ1) is 12.3. The fourth-order valence-corrected chi connectivity index (χ4v) is 3.24. The Morgan fingerprint density at radius 1 is 0.808 bits per heavy atom. The molecule has 0 atom stereocenters. The smallest absolute Gasteiger partial charge is 0.312 e. The molecule has 0 saturated heterocycles. The summed E-state index contributed by atoms with van der Waals surface area (Å²) in [5.41, 5.74) is 12.2. The number of carbonyl (C=O) groups excluding carboxylic acids is 2. The highest BCUT2D eigenvalue weighted by molar-refractivity contribution is 6.34. The maximum atomic E-state index is 12.4. The Morgan fingerprint density at radius 2 is 1.23 bits per heavy atom. The van der Waals surface area contributed by atoms with E-state index >= 15 is 0 Å². The molecule has 0 aliphatic heterocycles. The van der Waals surface area contributed by atoms with Gasteiger partial charge in [-0.2, -0.15) is 0 Å². The van der Waals surface area contributed by atoms with Crippen LogP contribution in [0.5, 0.6) is 0 Å². The zero-order chi connectivity index (χ0) is 19.3. The highest BCUT2D eigenvalue weighted by atomic mass is 16.2. The number of rotatable bonds is 6. The number of benzene rings is 2. The van der Waals surface area contributed by atoms with Gasteiger partial charge in [0.2, 0.25) is 0 Å². The van der Waals surface area contributed by atoms with E-state index in [4.69, 9.17) is 5.73 Å². The van der Waals surface area contributed by atoms with Crippen molar-refractivity contribution in [3.8, 4) is 0 Å². The van der Waals surface area contributed by atoms with E-state index in [0.717, 1.165) is 24.0 Å². The Labute approximate surface area is 156 Å². The molecule has 26 heavy (non-hydrogen) atoms. The lowest BCUT2D eigenvalue weighted by Gasteiger charge is -2.24. The second-order valence-electron chi connectivity index (χ2n) is 6.78. The topological polar surface area (TPSA) is 63.4 Å². The molecule has 0 spiro atoms. The highest BCUT2D eigenvalue weighted by Gasteiger charge is 2.21. The normalized spacial score (nSPS) is 10.6. The lowest BCUT2D eigenvalue weighted by Crippen LogP contribution is -2.39. The van der Waals surface area contributed by atoms with Crippen molar-refractivity contribution in [3.05, 3.63) is 69.8 Å². The summed E-state index contributed by atoms with van der Waals surface area (Å²) in [6.45, 7) is 9.04. The van der Waals surface area contributed by atoms with Crippen molar-refractivity contribution >= 4 is 11.8 Å². The van der Waals surface area contributed by atoms with Gasteiger partial charge in [-0.1, -0.05) is 61.4 Å². The number of nitrogens with zero attached hydrogens (tertiary/aromatic N) is 1. The van der Waals surface area contributed by atoms with Gasteiger partial charge in [0.1, 0.15) is 0 Å². The molecule has 0 unspecified atom stereocenters. The van der Waals surface area contributed by atoms with E-state index < -0.39 is 11.8 Å². The van der Waals surface area contributed by atoms with Gasteiger partial charge in [-0.25, -0.2) is 0 Å². The summed E-state index contributed by atoms with van der Waals surface area (Å²) < 4.78 is 0. The van der Waals surface area contributed by atoms with E-state index in [1.807, 2.05) is 24.3 Å². The van der Waals surface area contributed by atoms with E-state index in [9.17, 15) is 9.59 Å². The van der Waals surface area contributed by atoms with E-state index in [0.29, 0.717) is 13.1 Å². The molecule has 0 bridgehead atoms. The molecule has 0 heterocycles. The molecular formula is C22H28N2O2. The van der Waals surface area contributed by atoms with Gasteiger partial charge in [0, 0.05) is 13.1 Å². The first-order valence-electron chi connectivity index (χ1n) is 9.11. The maximum Gasteiger partial charge on any atom is 0.312 e. The minimum atomic E-state index is -0.916. The minimum Gasteiger partial charge on any atom is -0.361 e. The lowest BCUT2D eigenvalue weighted by molar-refractivity contribution is -0.145. The standard InChI is InChI=1S/C22H28N2O2/c1-5-17-11-15(3)7-9-19(17)13-24(22(26)21(23)25)14-20-10-8-16(4)12-18(20)6-2/h7-12H,5-6,13-14H2,1-4H3,(H2,23,25). The second kappa shape index (κ2) is 8.65. The van der Waals surface area contributed by atoms with Gasteiger partial charge in [0.15, 0.2) is 0 Å². The number of primary amides is 1. The van der Waals surface area contributed by atoms with E-state index in [1.54, 1.807) is 4.90 Å². The monoisotopic (exact) mass is 352 g/mol. The Kier molecular flexibility index (Phi) is 6.56. The number of carbonyl (C=O) groups is 2. The fourth-order valence-electron chi connectivity index (χ4n) is 3.24. The van der Waals surface area contributed by atoms with Gasteiger partial charge in [-0.05, 0) is 48.9 Å². The van der Waals surface area contributed by atoms with Crippen molar-refractivity contribution in [1.29, 1.82) is 0 Å². The van der Waals surface area contributed by atoms with Crippen molar-refractivity contribution in [1.82, 2.24) is 4.90 Å². The van der Waals surface area contributed by atoms with Crippen LogP contribution in [0, 0.1) is 13.8 Å².